The molecule has 0 radical (unpaired) electrons. The Balaban J connectivity index is 1.97. The maximum absolute atomic E-state index is 5.48. The zero-order valence-electron chi connectivity index (χ0n) is 7.92. The van der Waals surface area contributed by atoms with E-state index in [1.54, 1.807) is 0 Å². The van der Waals surface area contributed by atoms with Crippen molar-refractivity contribution >= 4 is 0 Å². The normalized spacial score (nSPS) is 39.5. The van der Waals surface area contributed by atoms with E-state index < -0.39 is 0 Å². The molecule has 2 aliphatic rings. The quantitative estimate of drug-likeness (QED) is 0.602. The zero-order chi connectivity index (χ0) is 8.55. The van der Waals surface area contributed by atoms with Crippen LogP contribution < -0.4 is 5.32 Å². The maximum Gasteiger partial charge on any atom is 0.0620 e. The number of morpholine rings is 1. The van der Waals surface area contributed by atoms with Crippen LogP contribution in [0, 0.1) is 0 Å². The number of hydrogen-bond donors (Lipinski definition) is 1. The van der Waals surface area contributed by atoms with Crippen LogP contribution in [-0.4, -0.2) is 49.3 Å². The summed E-state index contributed by atoms with van der Waals surface area (Å²) in [6.45, 7) is 8.65. The summed E-state index contributed by atoms with van der Waals surface area (Å²) in [6.07, 6.45) is 0. The average molecular weight is 170 g/mol. The van der Waals surface area contributed by atoms with Gasteiger partial charge in [0.2, 0.25) is 0 Å². The molecule has 2 rings (SSSR count). The van der Waals surface area contributed by atoms with Crippen LogP contribution in [0.1, 0.15) is 13.8 Å². The van der Waals surface area contributed by atoms with Crippen LogP contribution in [0.5, 0.6) is 0 Å². The van der Waals surface area contributed by atoms with Crippen molar-refractivity contribution < 1.29 is 4.74 Å². The van der Waals surface area contributed by atoms with Crippen molar-refractivity contribution in [3.8, 4) is 0 Å². The minimum absolute atomic E-state index is 0.598. The van der Waals surface area contributed by atoms with E-state index >= 15 is 0 Å². The van der Waals surface area contributed by atoms with Gasteiger partial charge in [-0.15, -0.1) is 0 Å². The van der Waals surface area contributed by atoms with Gasteiger partial charge >= 0.3 is 0 Å². The molecule has 0 unspecified atom stereocenters. The van der Waals surface area contributed by atoms with Crippen LogP contribution in [0.25, 0.3) is 0 Å². The van der Waals surface area contributed by atoms with E-state index in [4.69, 9.17) is 4.74 Å². The van der Waals surface area contributed by atoms with Crippen molar-refractivity contribution in [1.29, 1.82) is 0 Å². The lowest BCUT2D eigenvalue weighted by molar-refractivity contribution is -0.0675. The van der Waals surface area contributed by atoms with Crippen LogP contribution in [0.4, 0.5) is 0 Å². The SMILES string of the molecule is C[C@@H]1COC[C@H](C)N1C1CNC1. The second-order valence-electron chi connectivity index (χ2n) is 3.99. The summed E-state index contributed by atoms with van der Waals surface area (Å²) in [5.41, 5.74) is 0. The molecule has 3 nitrogen and oxygen atoms in total. The van der Waals surface area contributed by atoms with Gasteiger partial charge in [-0.3, -0.25) is 4.90 Å². The molecule has 12 heavy (non-hydrogen) atoms. The van der Waals surface area contributed by atoms with Gasteiger partial charge in [-0.2, -0.15) is 0 Å². The van der Waals surface area contributed by atoms with Gasteiger partial charge in [0.15, 0.2) is 0 Å². The molecule has 0 bridgehead atoms. The van der Waals surface area contributed by atoms with Crippen molar-refractivity contribution in [3.63, 3.8) is 0 Å². The molecule has 0 aliphatic carbocycles. The van der Waals surface area contributed by atoms with Crippen LogP contribution in [0.2, 0.25) is 0 Å². The molecule has 2 saturated heterocycles. The third-order valence-electron chi connectivity index (χ3n) is 2.92. The second kappa shape index (κ2) is 3.32. The predicted octanol–water partition coefficient (Wildman–Crippen LogP) is 0.0674. The third kappa shape index (κ3) is 1.37. The highest BCUT2D eigenvalue weighted by molar-refractivity contribution is 4.91. The number of nitrogens with zero attached hydrogens (tertiary/aromatic N) is 1. The average Bonchev–Trinajstić information content (AvgIpc) is 1.93. The lowest BCUT2D eigenvalue weighted by atomic mass is 10.0. The molecule has 0 spiro atoms. The number of rotatable bonds is 1. The molecule has 3 heteroatoms. The summed E-state index contributed by atoms with van der Waals surface area (Å²) in [5, 5.41) is 3.32. The van der Waals surface area contributed by atoms with Crippen LogP contribution in [0.3, 0.4) is 0 Å². The van der Waals surface area contributed by atoms with Crippen LogP contribution in [-0.2, 0) is 4.74 Å². The van der Waals surface area contributed by atoms with E-state index in [-0.39, 0.29) is 0 Å². The fraction of sp³-hybridized carbons (Fsp3) is 1.00. The highest BCUT2D eigenvalue weighted by Crippen LogP contribution is 2.18. The van der Waals surface area contributed by atoms with E-state index in [0.717, 1.165) is 32.3 Å². The third-order valence-corrected chi connectivity index (χ3v) is 2.92. The molecule has 0 amide bonds. The molecule has 2 aliphatic heterocycles. The van der Waals surface area contributed by atoms with Gasteiger partial charge < -0.3 is 10.1 Å². The van der Waals surface area contributed by atoms with Crippen LogP contribution >= 0.6 is 0 Å². The Kier molecular flexibility index (Phi) is 2.35. The minimum Gasteiger partial charge on any atom is -0.378 e. The lowest BCUT2D eigenvalue weighted by Crippen LogP contribution is -2.64. The van der Waals surface area contributed by atoms with E-state index in [9.17, 15) is 0 Å². The van der Waals surface area contributed by atoms with Gasteiger partial charge in [0.1, 0.15) is 0 Å². The fourth-order valence-corrected chi connectivity index (χ4v) is 2.22. The van der Waals surface area contributed by atoms with E-state index in [2.05, 4.69) is 24.1 Å². The standard InChI is InChI=1S/C9H18N2O/c1-7-5-12-6-8(2)11(7)9-3-10-4-9/h7-10H,3-6H2,1-2H3/t7-,8+. The molecule has 2 atom stereocenters. The first kappa shape index (κ1) is 8.48. The van der Waals surface area contributed by atoms with E-state index in [1.807, 2.05) is 0 Å². The van der Waals surface area contributed by atoms with Crippen molar-refractivity contribution in [3.05, 3.63) is 0 Å². The van der Waals surface area contributed by atoms with Gasteiger partial charge in [-0.1, -0.05) is 0 Å². The molecule has 70 valence electrons. The largest absolute Gasteiger partial charge is 0.378 e. The number of hydrogen-bond acceptors (Lipinski definition) is 3. The van der Waals surface area contributed by atoms with Gasteiger partial charge in [-0.05, 0) is 13.8 Å². The number of nitrogens with one attached hydrogen (secondary N) is 1. The molecule has 2 fully saturated rings. The van der Waals surface area contributed by atoms with Crippen molar-refractivity contribution in [1.82, 2.24) is 10.2 Å². The van der Waals surface area contributed by atoms with Crippen molar-refractivity contribution in [2.45, 2.75) is 32.0 Å². The minimum atomic E-state index is 0.598. The molecule has 0 aromatic heterocycles. The van der Waals surface area contributed by atoms with Crippen molar-refractivity contribution in [2.24, 2.45) is 0 Å². The summed E-state index contributed by atoms with van der Waals surface area (Å²) in [7, 11) is 0. The lowest BCUT2D eigenvalue weighted by Gasteiger charge is -2.47. The Morgan fingerprint density at radius 1 is 1.17 bits per heavy atom. The molecule has 1 N–H and O–H groups in total. The Bertz CT molecular complexity index is 146. The molecule has 0 saturated carbocycles. The monoisotopic (exact) mass is 170 g/mol. The smallest absolute Gasteiger partial charge is 0.0620 e. The van der Waals surface area contributed by atoms with E-state index in [0.29, 0.717) is 12.1 Å². The molecular weight excluding hydrogens is 152 g/mol. The molecule has 0 aromatic rings. The summed E-state index contributed by atoms with van der Waals surface area (Å²) in [6, 6.07) is 1.96. The Labute approximate surface area is 74.1 Å². The van der Waals surface area contributed by atoms with Crippen molar-refractivity contribution in [2.75, 3.05) is 26.3 Å². The highest BCUT2D eigenvalue weighted by Gasteiger charge is 2.34. The Hall–Kier alpha value is -0.120. The zero-order valence-corrected chi connectivity index (χ0v) is 7.92. The van der Waals surface area contributed by atoms with Gasteiger partial charge in [0.25, 0.3) is 0 Å². The first-order chi connectivity index (χ1) is 5.79. The van der Waals surface area contributed by atoms with Gasteiger partial charge in [-0.25, -0.2) is 0 Å². The molecular formula is C9H18N2O. The van der Waals surface area contributed by atoms with Crippen LogP contribution in [0.15, 0.2) is 0 Å². The summed E-state index contributed by atoms with van der Waals surface area (Å²) in [4.78, 5) is 2.60. The van der Waals surface area contributed by atoms with E-state index in [1.165, 1.54) is 0 Å². The predicted molar refractivity (Wildman–Crippen MR) is 48.2 cm³/mol. The molecule has 2 heterocycles. The fourth-order valence-electron chi connectivity index (χ4n) is 2.22. The topological polar surface area (TPSA) is 24.5 Å². The van der Waals surface area contributed by atoms with Gasteiger partial charge in [0.05, 0.1) is 13.2 Å². The first-order valence-corrected chi connectivity index (χ1v) is 4.85. The highest BCUT2D eigenvalue weighted by atomic mass is 16.5. The molecule has 0 aromatic carbocycles. The first-order valence-electron chi connectivity index (χ1n) is 4.85. The summed E-state index contributed by atoms with van der Waals surface area (Å²) < 4.78 is 5.48. The van der Waals surface area contributed by atoms with Gasteiger partial charge in [0, 0.05) is 31.2 Å². The number of ether oxygens (including phenoxy) is 1. The maximum atomic E-state index is 5.48. The summed E-state index contributed by atoms with van der Waals surface area (Å²) >= 11 is 0. The summed E-state index contributed by atoms with van der Waals surface area (Å²) in [5.74, 6) is 0. The Morgan fingerprint density at radius 2 is 1.75 bits per heavy atom. The Morgan fingerprint density at radius 3 is 2.17 bits per heavy atom. The second-order valence-corrected chi connectivity index (χ2v) is 3.99.